The minimum atomic E-state index is -0.134. The van der Waals surface area contributed by atoms with E-state index in [2.05, 4.69) is 4.90 Å². The lowest BCUT2D eigenvalue weighted by atomic mass is 10.1. The van der Waals surface area contributed by atoms with Gasteiger partial charge >= 0.3 is 0 Å². The molecule has 0 radical (unpaired) electrons. The summed E-state index contributed by atoms with van der Waals surface area (Å²) in [4.78, 5) is 2.17. The molecule has 1 fully saturated rings. The van der Waals surface area contributed by atoms with Crippen molar-refractivity contribution < 1.29 is 4.39 Å². The van der Waals surface area contributed by atoms with Gasteiger partial charge in [-0.1, -0.05) is 6.07 Å². The van der Waals surface area contributed by atoms with E-state index in [1.54, 1.807) is 6.07 Å². The molecule has 2 nitrogen and oxygen atoms in total. The summed E-state index contributed by atoms with van der Waals surface area (Å²) < 4.78 is 13.6. The van der Waals surface area contributed by atoms with E-state index < -0.39 is 0 Å². The van der Waals surface area contributed by atoms with Crippen molar-refractivity contribution in [3.63, 3.8) is 0 Å². The Balaban J connectivity index is 2.31. The number of halogens is 1. The number of hydrogen-bond acceptors (Lipinski definition) is 2. The van der Waals surface area contributed by atoms with E-state index in [4.69, 9.17) is 5.73 Å². The third-order valence-electron chi connectivity index (χ3n) is 2.96. The zero-order valence-electron chi connectivity index (χ0n) is 9.04. The zero-order valence-corrected chi connectivity index (χ0v) is 9.04. The standard InChI is InChI=1S/C12H17FN2/c1-15(9-5-6-9)12-4-2-3-11(13)10(12)7-8-14/h2-4,9H,5-8,14H2,1H3. The van der Waals surface area contributed by atoms with Gasteiger partial charge < -0.3 is 10.6 Å². The van der Waals surface area contributed by atoms with Crippen LogP contribution in [-0.4, -0.2) is 19.6 Å². The molecule has 0 aliphatic heterocycles. The minimum absolute atomic E-state index is 0.134. The summed E-state index contributed by atoms with van der Waals surface area (Å²) in [5, 5.41) is 0. The van der Waals surface area contributed by atoms with Crippen LogP contribution < -0.4 is 10.6 Å². The van der Waals surface area contributed by atoms with E-state index in [9.17, 15) is 4.39 Å². The molecule has 1 aliphatic rings. The fourth-order valence-electron chi connectivity index (χ4n) is 1.93. The SMILES string of the molecule is CN(c1cccc(F)c1CCN)C1CC1. The van der Waals surface area contributed by atoms with E-state index in [0.717, 1.165) is 11.3 Å². The van der Waals surface area contributed by atoms with Gasteiger partial charge in [0.05, 0.1) is 0 Å². The normalized spacial score (nSPS) is 15.4. The third-order valence-corrected chi connectivity index (χ3v) is 2.96. The molecule has 0 bridgehead atoms. The van der Waals surface area contributed by atoms with Gasteiger partial charge in [-0.3, -0.25) is 0 Å². The fraction of sp³-hybridized carbons (Fsp3) is 0.500. The number of benzene rings is 1. The van der Waals surface area contributed by atoms with Crippen molar-refractivity contribution in [3.05, 3.63) is 29.6 Å². The molecule has 2 rings (SSSR count). The molecule has 1 aliphatic carbocycles. The van der Waals surface area contributed by atoms with Crippen LogP contribution in [0.15, 0.2) is 18.2 Å². The average Bonchev–Trinajstić information content (AvgIpc) is 3.04. The first-order valence-electron chi connectivity index (χ1n) is 5.44. The zero-order chi connectivity index (χ0) is 10.8. The Kier molecular flexibility index (Phi) is 2.91. The summed E-state index contributed by atoms with van der Waals surface area (Å²) in [5.74, 6) is -0.134. The molecule has 1 saturated carbocycles. The molecular weight excluding hydrogens is 191 g/mol. The van der Waals surface area contributed by atoms with Crippen molar-refractivity contribution in [2.45, 2.75) is 25.3 Å². The summed E-state index contributed by atoms with van der Waals surface area (Å²) in [6.45, 7) is 0.492. The van der Waals surface area contributed by atoms with Crippen molar-refractivity contribution >= 4 is 5.69 Å². The topological polar surface area (TPSA) is 29.3 Å². The molecule has 2 N–H and O–H groups in total. The van der Waals surface area contributed by atoms with E-state index >= 15 is 0 Å². The van der Waals surface area contributed by atoms with Gasteiger partial charge in [0.1, 0.15) is 5.82 Å². The van der Waals surface area contributed by atoms with Gasteiger partial charge in [0.2, 0.25) is 0 Å². The Morgan fingerprint density at radius 3 is 2.80 bits per heavy atom. The second-order valence-electron chi connectivity index (χ2n) is 4.12. The molecule has 1 aromatic rings. The molecule has 82 valence electrons. The number of rotatable bonds is 4. The summed E-state index contributed by atoms with van der Waals surface area (Å²) in [7, 11) is 2.03. The predicted molar refractivity (Wildman–Crippen MR) is 60.6 cm³/mol. The third kappa shape index (κ3) is 2.12. The van der Waals surface area contributed by atoms with Gasteiger partial charge in [-0.15, -0.1) is 0 Å². The van der Waals surface area contributed by atoms with Crippen LogP contribution in [0, 0.1) is 5.82 Å². The van der Waals surface area contributed by atoms with E-state index in [1.807, 2.05) is 13.1 Å². The van der Waals surface area contributed by atoms with Crippen molar-refractivity contribution in [3.8, 4) is 0 Å². The van der Waals surface area contributed by atoms with E-state index in [1.165, 1.54) is 18.9 Å². The molecule has 0 heterocycles. The molecule has 0 unspecified atom stereocenters. The van der Waals surface area contributed by atoms with Crippen LogP contribution in [0.4, 0.5) is 10.1 Å². The second-order valence-corrected chi connectivity index (χ2v) is 4.12. The summed E-state index contributed by atoms with van der Waals surface area (Å²) >= 11 is 0. The Morgan fingerprint density at radius 2 is 2.20 bits per heavy atom. The highest BCUT2D eigenvalue weighted by Crippen LogP contribution is 2.33. The highest BCUT2D eigenvalue weighted by molar-refractivity contribution is 5.55. The number of nitrogens with two attached hydrogens (primary N) is 1. The predicted octanol–water partition coefficient (Wildman–Crippen LogP) is 1.93. The molecule has 0 saturated heterocycles. The Bertz CT molecular complexity index is 347. The molecule has 0 atom stereocenters. The van der Waals surface area contributed by atoms with E-state index in [0.29, 0.717) is 19.0 Å². The smallest absolute Gasteiger partial charge is 0.128 e. The van der Waals surface area contributed by atoms with Crippen LogP contribution in [0.25, 0.3) is 0 Å². The maximum Gasteiger partial charge on any atom is 0.128 e. The second kappa shape index (κ2) is 4.19. The maximum absolute atomic E-state index is 13.6. The largest absolute Gasteiger partial charge is 0.371 e. The Hall–Kier alpha value is -1.09. The lowest BCUT2D eigenvalue weighted by molar-refractivity contribution is 0.608. The average molecular weight is 208 g/mol. The lowest BCUT2D eigenvalue weighted by Gasteiger charge is -2.22. The van der Waals surface area contributed by atoms with Gasteiger partial charge in [0, 0.05) is 24.3 Å². The molecule has 3 heteroatoms. The van der Waals surface area contributed by atoms with Gasteiger partial charge in [-0.05, 0) is 37.9 Å². The number of nitrogens with zero attached hydrogens (tertiary/aromatic N) is 1. The van der Waals surface area contributed by atoms with Crippen LogP contribution in [-0.2, 0) is 6.42 Å². The number of hydrogen-bond donors (Lipinski definition) is 1. The molecule has 0 aromatic heterocycles. The molecule has 0 spiro atoms. The van der Waals surface area contributed by atoms with Crippen molar-refractivity contribution in [1.82, 2.24) is 0 Å². The van der Waals surface area contributed by atoms with Crippen molar-refractivity contribution in [2.24, 2.45) is 5.73 Å². The minimum Gasteiger partial charge on any atom is -0.371 e. The molecule has 15 heavy (non-hydrogen) atoms. The first-order chi connectivity index (χ1) is 7.24. The van der Waals surface area contributed by atoms with Gasteiger partial charge in [0.15, 0.2) is 0 Å². The first kappa shape index (κ1) is 10.4. The van der Waals surface area contributed by atoms with E-state index in [-0.39, 0.29) is 5.82 Å². The molecule has 1 aromatic carbocycles. The summed E-state index contributed by atoms with van der Waals surface area (Å²) in [6.07, 6.45) is 3.04. The Morgan fingerprint density at radius 1 is 1.47 bits per heavy atom. The van der Waals surface area contributed by atoms with Gasteiger partial charge in [-0.25, -0.2) is 4.39 Å². The molecular formula is C12H17FN2. The lowest BCUT2D eigenvalue weighted by Crippen LogP contribution is -2.22. The maximum atomic E-state index is 13.6. The monoisotopic (exact) mass is 208 g/mol. The van der Waals surface area contributed by atoms with Crippen LogP contribution in [0.1, 0.15) is 18.4 Å². The molecule has 0 amide bonds. The highest BCUT2D eigenvalue weighted by atomic mass is 19.1. The van der Waals surface area contributed by atoms with Crippen LogP contribution in [0.2, 0.25) is 0 Å². The van der Waals surface area contributed by atoms with Gasteiger partial charge in [-0.2, -0.15) is 0 Å². The quantitative estimate of drug-likeness (QED) is 0.819. The van der Waals surface area contributed by atoms with Crippen LogP contribution in [0.5, 0.6) is 0 Å². The Labute approximate surface area is 89.9 Å². The van der Waals surface area contributed by atoms with Crippen molar-refractivity contribution in [1.29, 1.82) is 0 Å². The number of anilines is 1. The van der Waals surface area contributed by atoms with Crippen LogP contribution >= 0.6 is 0 Å². The van der Waals surface area contributed by atoms with Crippen LogP contribution in [0.3, 0.4) is 0 Å². The summed E-state index contributed by atoms with van der Waals surface area (Å²) in [6, 6.07) is 5.86. The first-order valence-corrected chi connectivity index (χ1v) is 5.44. The highest BCUT2D eigenvalue weighted by Gasteiger charge is 2.27. The fourth-order valence-corrected chi connectivity index (χ4v) is 1.93. The summed E-state index contributed by atoms with van der Waals surface area (Å²) in [5.41, 5.74) is 7.27. The van der Waals surface area contributed by atoms with Gasteiger partial charge in [0.25, 0.3) is 0 Å². The van der Waals surface area contributed by atoms with Crippen molar-refractivity contribution in [2.75, 3.05) is 18.5 Å².